The molecule has 0 aromatic carbocycles. The molecule has 0 saturated carbocycles. The average Bonchev–Trinajstić information content (AvgIpc) is 3.06. The summed E-state index contributed by atoms with van der Waals surface area (Å²) in [6.07, 6.45) is -2.24. The third kappa shape index (κ3) is 2.77. The van der Waals surface area contributed by atoms with Crippen molar-refractivity contribution in [2.45, 2.75) is 37.1 Å². The molecule has 122 valence electrons. The Morgan fingerprint density at radius 1 is 1.41 bits per heavy atom. The highest BCUT2D eigenvalue weighted by Crippen LogP contribution is 2.41. The normalized spacial score (nSPS) is 24.9. The molecular weight excluding hydrogens is 303 g/mol. The van der Waals surface area contributed by atoms with E-state index >= 15 is 0 Å². The second kappa shape index (κ2) is 5.15. The van der Waals surface area contributed by atoms with Crippen molar-refractivity contribution in [1.82, 2.24) is 14.7 Å². The smallest absolute Gasteiger partial charge is 0.419 e. The molecule has 1 unspecified atom stereocenters. The van der Waals surface area contributed by atoms with E-state index in [1.807, 2.05) is 0 Å². The van der Waals surface area contributed by atoms with E-state index in [0.29, 0.717) is 32.4 Å². The maximum atomic E-state index is 12.6. The molecule has 1 amide bonds. The van der Waals surface area contributed by atoms with Gasteiger partial charge in [0.05, 0.1) is 30.0 Å². The number of hydrogen-bond acceptors (Lipinski definition) is 4. The molecule has 3 heterocycles. The van der Waals surface area contributed by atoms with Crippen LogP contribution in [0, 0.1) is 0 Å². The first-order valence-electron chi connectivity index (χ1n) is 7.00. The van der Waals surface area contributed by atoms with Crippen LogP contribution in [0.5, 0.6) is 0 Å². The number of piperidine rings is 1. The first-order chi connectivity index (χ1) is 10.3. The second-order valence-electron chi connectivity index (χ2n) is 5.81. The van der Waals surface area contributed by atoms with Crippen LogP contribution in [0.2, 0.25) is 0 Å². The molecule has 9 heteroatoms. The molecule has 6 nitrogen and oxygen atoms in total. The highest BCUT2D eigenvalue weighted by molar-refractivity contribution is 5.62. The second-order valence-corrected chi connectivity index (χ2v) is 5.81. The topological polar surface area (TPSA) is 70.4 Å². The summed E-state index contributed by atoms with van der Waals surface area (Å²) >= 11 is 0. The van der Waals surface area contributed by atoms with E-state index in [1.165, 1.54) is 9.58 Å². The van der Waals surface area contributed by atoms with Crippen LogP contribution < -0.4 is 5.11 Å². The SMILES string of the molecule is O=C([O-])N1CCC2(CC1)CC(n1cc(C(F)(F)F)cn1)CO2. The highest BCUT2D eigenvalue weighted by atomic mass is 19.4. The molecule has 0 radical (unpaired) electrons. The zero-order valence-corrected chi connectivity index (χ0v) is 11.7. The van der Waals surface area contributed by atoms with Gasteiger partial charge in [0.25, 0.3) is 0 Å². The Bertz CT molecular complexity index is 564. The summed E-state index contributed by atoms with van der Waals surface area (Å²) in [7, 11) is 0. The van der Waals surface area contributed by atoms with Crippen LogP contribution in [0.4, 0.5) is 18.0 Å². The fourth-order valence-corrected chi connectivity index (χ4v) is 3.12. The molecule has 0 aliphatic carbocycles. The minimum Gasteiger partial charge on any atom is -0.530 e. The van der Waals surface area contributed by atoms with E-state index in [2.05, 4.69) is 5.10 Å². The lowest BCUT2D eigenvalue weighted by Gasteiger charge is -2.39. The van der Waals surface area contributed by atoms with Gasteiger partial charge < -0.3 is 19.5 Å². The van der Waals surface area contributed by atoms with Crippen LogP contribution in [0.3, 0.4) is 0 Å². The van der Waals surface area contributed by atoms with Gasteiger partial charge in [0.1, 0.15) is 6.09 Å². The monoisotopic (exact) mass is 318 g/mol. The number of alkyl halides is 3. The number of rotatable bonds is 1. The Balaban J connectivity index is 1.65. The van der Waals surface area contributed by atoms with Gasteiger partial charge in [-0.15, -0.1) is 0 Å². The quantitative estimate of drug-likeness (QED) is 0.776. The van der Waals surface area contributed by atoms with Crippen molar-refractivity contribution in [3.63, 3.8) is 0 Å². The van der Waals surface area contributed by atoms with Crippen molar-refractivity contribution in [2.75, 3.05) is 19.7 Å². The van der Waals surface area contributed by atoms with Crippen molar-refractivity contribution >= 4 is 6.09 Å². The zero-order valence-electron chi connectivity index (χ0n) is 11.7. The van der Waals surface area contributed by atoms with Gasteiger partial charge in [-0.1, -0.05) is 0 Å². The van der Waals surface area contributed by atoms with E-state index in [-0.39, 0.29) is 12.6 Å². The number of hydrogen-bond donors (Lipinski definition) is 0. The summed E-state index contributed by atoms with van der Waals surface area (Å²) in [5, 5.41) is 14.6. The maximum Gasteiger partial charge on any atom is 0.419 e. The van der Waals surface area contributed by atoms with E-state index in [4.69, 9.17) is 4.74 Å². The van der Waals surface area contributed by atoms with Gasteiger partial charge in [-0.2, -0.15) is 18.3 Å². The molecule has 22 heavy (non-hydrogen) atoms. The molecule has 1 spiro atoms. The third-order valence-electron chi connectivity index (χ3n) is 4.43. The van der Waals surface area contributed by atoms with E-state index in [0.717, 1.165) is 12.4 Å². The number of likely N-dealkylation sites (tertiary alicyclic amines) is 1. The molecule has 0 bridgehead atoms. The fraction of sp³-hybridized carbons (Fsp3) is 0.692. The fourth-order valence-electron chi connectivity index (χ4n) is 3.12. The number of nitrogens with zero attached hydrogens (tertiary/aromatic N) is 3. The molecule has 0 N–H and O–H groups in total. The van der Waals surface area contributed by atoms with Crippen molar-refractivity contribution in [3.8, 4) is 0 Å². The minimum absolute atomic E-state index is 0.259. The van der Waals surface area contributed by atoms with Crippen molar-refractivity contribution in [1.29, 1.82) is 0 Å². The number of carboxylic acid groups (broad SMARTS) is 1. The van der Waals surface area contributed by atoms with Gasteiger partial charge in [0, 0.05) is 25.7 Å². The summed E-state index contributed by atoms with van der Waals surface area (Å²) in [6.45, 7) is 0.925. The molecule has 2 aliphatic rings. The summed E-state index contributed by atoms with van der Waals surface area (Å²) in [6, 6.07) is -0.259. The van der Waals surface area contributed by atoms with Crippen LogP contribution in [-0.2, 0) is 10.9 Å². The molecule has 3 rings (SSSR count). The molecule has 2 aliphatic heterocycles. The predicted octanol–water partition coefficient (Wildman–Crippen LogP) is 1.04. The lowest BCUT2D eigenvalue weighted by Crippen LogP contribution is -2.50. The molecule has 1 aromatic heterocycles. The van der Waals surface area contributed by atoms with Crippen LogP contribution in [0.1, 0.15) is 30.9 Å². The lowest BCUT2D eigenvalue weighted by molar-refractivity contribution is -0.268. The summed E-state index contributed by atoms with van der Waals surface area (Å²) < 4.78 is 44.9. The summed E-state index contributed by atoms with van der Waals surface area (Å²) in [5.41, 5.74) is -1.25. The Morgan fingerprint density at radius 2 is 2.09 bits per heavy atom. The van der Waals surface area contributed by atoms with E-state index < -0.39 is 23.4 Å². The first kappa shape index (κ1) is 15.1. The minimum atomic E-state index is -4.41. The maximum absolute atomic E-state index is 12.6. The summed E-state index contributed by atoms with van der Waals surface area (Å²) in [4.78, 5) is 12.0. The molecule has 2 saturated heterocycles. The Morgan fingerprint density at radius 3 is 2.64 bits per heavy atom. The van der Waals surface area contributed by atoms with Crippen LogP contribution in [0.25, 0.3) is 0 Å². The first-order valence-corrected chi connectivity index (χ1v) is 7.00. The van der Waals surface area contributed by atoms with Gasteiger partial charge in [0.15, 0.2) is 0 Å². The van der Waals surface area contributed by atoms with Crippen LogP contribution in [-0.4, -0.2) is 46.1 Å². The largest absolute Gasteiger partial charge is 0.530 e. The molecular formula is C13H15F3N3O3-. The van der Waals surface area contributed by atoms with Crippen LogP contribution in [0.15, 0.2) is 12.4 Å². The lowest BCUT2D eigenvalue weighted by atomic mass is 9.87. The molecule has 2 fully saturated rings. The standard InChI is InChI=1S/C13H16F3N3O3/c14-13(15,16)9-6-17-19(7-9)10-5-12(22-8-10)1-3-18(4-2-12)11(20)21/h6-7,10H,1-5,8H2,(H,20,21)/p-1. The Hall–Kier alpha value is -1.77. The third-order valence-corrected chi connectivity index (χ3v) is 4.43. The number of carbonyl (C=O) groups excluding carboxylic acids is 1. The van der Waals surface area contributed by atoms with E-state index in [9.17, 15) is 23.1 Å². The number of ether oxygens (including phenoxy) is 1. The molecule has 1 aromatic rings. The van der Waals surface area contributed by atoms with Gasteiger partial charge in [-0.25, -0.2) is 0 Å². The van der Waals surface area contributed by atoms with Gasteiger partial charge in [-0.05, 0) is 12.8 Å². The number of carbonyl (C=O) groups is 1. The number of aromatic nitrogens is 2. The zero-order chi connectivity index (χ0) is 16.0. The van der Waals surface area contributed by atoms with Crippen molar-refractivity contribution < 1.29 is 27.8 Å². The Labute approximate surface area is 124 Å². The molecule has 1 atom stereocenters. The average molecular weight is 318 g/mol. The number of amides is 1. The highest BCUT2D eigenvalue weighted by Gasteiger charge is 2.44. The van der Waals surface area contributed by atoms with Gasteiger partial charge in [-0.3, -0.25) is 4.68 Å². The number of halogens is 3. The van der Waals surface area contributed by atoms with Crippen LogP contribution >= 0.6 is 0 Å². The predicted molar refractivity (Wildman–Crippen MR) is 65.8 cm³/mol. The van der Waals surface area contributed by atoms with Crippen molar-refractivity contribution in [2.24, 2.45) is 0 Å². The van der Waals surface area contributed by atoms with Crippen molar-refractivity contribution in [3.05, 3.63) is 18.0 Å². The summed E-state index contributed by atoms with van der Waals surface area (Å²) in [5.74, 6) is 0. The Kier molecular flexibility index (Phi) is 3.54. The van der Waals surface area contributed by atoms with Gasteiger partial charge in [0.2, 0.25) is 0 Å². The van der Waals surface area contributed by atoms with E-state index in [1.54, 1.807) is 0 Å². The van der Waals surface area contributed by atoms with Gasteiger partial charge >= 0.3 is 6.18 Å².